The molecule has 0 radical (unpaired) electrons. The van der Waals surface area contributed by atoms with E-state index in [1.54, 1.807) is 11.3 Å². The van der Waals surface area contributed by atoms with E-state index in [9.17, 15) is 4.79 Å². The first-order valence-corrected chi connectivity index (χ1v) is 11.6. The van der Waals surface area contributed by atoms with E-state index in [1.165, 1.54) is 11.4 Å². The van der Waals surface area contributed by atoms with Gasteiger partial charge < -0.3 is 14.0 Å². The van der Waals surface area contributed by atoms with Crippen molar-refractivity contribution in [3.8, 4) is 16.4 Å². The average Bonchev–Trinajstić information content (AvgIpc) is 3.56. The highest BCUT2D eigenvalue weighted by Gasteiger charge is 2.23. The molecule has 0 unspecified atom stereocenters. The van der Waals surface area contributed by atoms with Crippen molar-refractivity contribution in [3.63, 3.8) is 0 Å². The third-order valence-corrected chi connectivity index (χ3v) is 6.74. The second-order valence-corrected chi connectivity index (χ2v) is 9.00. The van der Waals surface area contributed by atoms with Crippen LogP contribution in [0.5, 0.6) is 0 Å². The average molecular weight is 448 g/mol. The quantitative estimate of drug-likeness (QED) is 0.460. The minimum Gasteiger partial charge on any atom is -0.338 e. The van der Waals surface area contributed by atoms with Gasteiger partial charge in [-0.1, -0.05) is 11.2 Å². The third-order valence-electron chi connectivity index (χ3n) is 5.87. The van der Waals surface area contributed by atoms with Crippen molar-refractivity contribution in [1.29, 1.82) is 0 Å². The fraction of sp³-hybridized carbons (Fsp3) is 0.292. The standard InChI is InChI=1S/C24H25N5O2S/c1-17-5-6-18(2)29(17)20-9-7-19(8-10-20)24(30)28-13-11-27(12-14-28)16-22-25-23(26-31-22)21-4-3-15-32-21/h3-10,15H,11-14,16H2,1-2H3. The number of benzene rings is 1. The van der Waals surface area contributed by atoms with Crippen LogP contribution in [0, 0.1) is 13.8 Å². The predicted molar refractivity (Wildman–Crippen MR) is 124 cm³/mol. The predicted octanol–water partition coefficient (Wildman–Crippen LogP) is 4.16. The summed E-state index contributed by atoms with van der Waals surface area (Å²) in [5, 5.41) is 6.07. The van der Waals surface area contributed by atoms with Crippen molar-refractivity contribution >= 4 is 17.2 Å². The van der Waals surface area contributed by atoms with Crippen molar-refractivity contribution in [2.24, 2.45) is 0 Å². The second-order valence-electron chi connectivity index (χ2n) is 8.06. The molecule has 1 aromatic carbocycles. The molecule has 1 fully saturated rings. The summed E-state index contributed by atoms with van der Waals surface area (Å²) in [6.45, 7) is 7.70. The second kappa shape index (κ2) is 8.72. The van der Waals surface area contributed by atoms with E-state index < -0.39 is 0 Å². The molecule has 1 saturated heterocycles. The summed E-state index contributed by atoms with van der Waals surface area (Å²) >= 11 is 1.59. The number of thiophene rings is 1. The van der Waals surface area contributed by atoms with Crippen LogP contribution in [-0.4, -0.2) is 56.6 Å². The monoisotopic (exact) mass is 447 g/mol. The van der Waals surface area contributed by atoms with Gasteiger partial charge in [0.15, 0.2) is 0 Å². The van der Waals surface area contributed by atoms with Gasteiger partial charge in [-0.3, -0.25) is 9.69 Å². The summed E-state index contributed by atoms with van der Waals surface area (Å²) in [4.78, 5) is 22.7. The summed E-state index contributed by atoms with van der Waals surface area (Å²) in [6.07, 6.45) is 0. The van der Waals surface area contributed by atoms with E-state index >= 15 is 0 Å². The van der Waals surface area contributed by atoms with Gasteiger partial charge in [0.1, 0.15) is 0 Å². The molecule has 1 aliphatic heterocycles. The maximum Gasteiger partial charge on any atom is 0.253 e. The first-order chi connectivity index (χ1) is 15.6. The molecule has 7 nitrogen and oxygen atoms in total. The molecule has 0 N–H and O–H groups in total. The molecule has 8 heteroatoms. The molecule has 1 amide bonds. The maximum atomic E-state index is 13.0. The molecule has 4 heterocycles. The number of nitrogens with zero attached hydrogens (tertiary/aromatic N) is 5. The molecule has 0 atom stereocenters. The normalized spacial score (nSPS) is 14.8. The fourth-order valence-corrected chi connectivity index (χ4v) is 4.79. The first kappa shape index (κ1) is 20.7. The van der Waals surface area contributed by atoms with Crippen LogP contribution >= 0.6 is 11.3 Å². The minimum absolute atomic E-state index is 0.0786. The van der Waals surface area contributed by atoms with Gasteiger partial charge in [0.05, 0.1) is 11.4 Å². The number of aryl methyl sites for hydroxylation is 2. The van der Waals surface area contributed by atoms with Crippen LogP contribution in [0.15, 0.2) is 58.4 Å². The van der Waals surface area contributed by atoms with Gasteiger partial charge in [-0.05, 0) is 61.7 Å². The Kier molecular flexibility index (Phi) is 5.63. The zero-order valence-electron chi connectivity index (χ0n) is 18.2. The number of amides is 1. The van der Waals surface area contributed by atoms with E-state index in [-0.39, 0.29) is 5.91 Å². The van der Waals surface area contributed by atoms with Crippen molar-refractivity contribution in [2.45, 2.75) is 20.4 Å². The third kappa shape index (κ3) is 4.11. The topological polar surface area (TPSA) is 67.4 Å². The molecule has 4 aromatic rings. The molecular weight excluding hydrogens is 422 g/mol. The number of carbonyl (C=O) groups is 1. The summed E-state index contributed by atoms with van der Waals surface area (Å²) in [7, 11) is 0. The zero-order chi connectivity index (χ0) is 22.1. The molecule has 0 aliphatic carbocycles. The van der Waals surface area contributed by atoms with Crippen LogP contribution < -0.4 is 0 Å². The number of carbonyl (C=O) groups excluding carboxylic acids is 1. The molecule has 164 valence electrons. The SMILES string of the molecule is Cc1ccc(C)n1-c1ccc(C(=O)N2CCN(Cc3nc(-c4cccs4)no3)CC2)cc1. The molecule has 32 heavy (non-hydrogen) atoms. The summed E-state index contributed by atoms with van der Waals surface area (Å²) in [6, 6.07) is 16.0. The van der Waals surface area contributed by atoms with Gasteiger partial charge in [0, 0.05) is 48.8 Å². The van der Waals surface area contributed by atoms with Crippen LogP contribution in [0.25, 0.3) is 16.4 Å². The lowest BCUT2D eigenvalue weighted by Gasteiger charge is -2.34. The van der Waals surface area contributed by atoms with Crippen molar-refractivity contribution in [1.82, 2.24) is 24.5 Å². The molecule has 0 bridgehead atoms. The molecule has 1 aliphatic rings. The Balaban J connectivity index is 1.18. The Morgan fingerprint density at radius 3 is 2.38 bits per heavy atom. The largest absolute Gasteiger partial charge is 0.338 e. The number of rotatable bonds is 5. The Labute approximate surface area is 190 Å². The lowest BCUT2D eigenvalue weighted by molar-refractivity contribution is 0.0615. The van der Waals surface area contributed by atoms with Crippen molar-refractivity contribution in [2.75, 3.05) is 26.2 Å². The summed E-state index contributed by atoms with van der Waals surface area (Å²) in [5.41, 5.74) is 4.16. The zero-order valence-corrected chi connectivity index (χ0v) is 19.0. The fourth-order valence-electron chi connectivity index (χ4n) is 4.14. The van der Waals surface area contributed by atoms with Gasteiger partial charge in [0.2, 0.25) is 11.7 Å². The van der Waals surface area contributed by atoms with Crippen LogP contribution in [0.4, 0.5) is 0 Å². The van der Waals surface area contributed by atoms with Crippen molar-refractivity contribution < 1.29 is 9.32 Å². The molecule has 5 rings (SSSR count). The number of piperazine rings is 1. The molecule has 0 saturated carbocycles. The molecule has 3 aromatic heterocycles. The summed E-state index contributed by atoms with van der Waals surface area (Å²) in [5.74, 6) is 1.33. The Bertz CT molecular complexity index is 1180. The van der Waals surface area contributed by atoms with Gasteiger partial charge >= 0.3 is 0 Å². The minimum atomic E-state index is 0.0786. The van der Waals surface area contributed by atoms with Crippen LogP contribution in [0.2, 0.25) is 0 Å². The summed E-state index contributed by atoms with van der Waals surface area (Å²) < 4.78 is 7.60. The lowest BCUT2D eigenvalue weighted by Crippen LogP contribution is -2.48. The Morgan fingerprint density at radius 1 is 1.00 bits per heavy atom. The van der Waals surface area contributed by atoms with E-state index in [4.69, 9.17) is 4.52 Å². The number of aromatic nitrogens is 3. The van der Waals surface area contributed by atoms with Crippen LogP contribution in [-0.2, 0) is 6.54 Å². The van der Waals surface area contributed by atoms with E-state index in [0.29, 0.717) is 31.3 Å². The van der Waals surface area contributed by atoms with E-state index in [0.717, 1.165) is 29.2 Å². The van der Waals surface area contributed by atoms with Gasteiger partial charge in [-0.2, -0.15) is 4.98 Å². The smallest absolute Gasteiger partial charge is 0.253 e. The van der Waals surface area contributed by atoms with E-state index in [2.05, 4.69) is 45.6 Å². The molecular formula is C24H25N5O2S. The highest BCUT2D eigenvalue weighted by Crippen LogP contribution is 2.22. The highest BCUT2D eigenvalue weighted by atomic mass is 32.1. The maximum absolute atomic E-state index is 13.0. The van der Waals surface area contributed by atoms with Gasteiger partial charge in [-0.25, -0.2) is 0 Å². The molecule has 0 spiro atoms. The van der Waals surface area contributed by atoms with Crippen LogP contribution in [0.1, 0.15) is 27.6 Å². The van der Waals surface area contributed by atoms with Gasteiger partial charge in [-0.15, -0.1) is 11.3 Å². The number of hydrogen-bond acceptors (Lipinski definition) is 6. The van der Waals surface area contributed by atoms with Crippen molar-refractivity contribution in [3.05, 3.63) is 76.8 Å². The number of hydrogen-bond donors (Lipinski definition) is 0. The Hall–Kier alpha value is -3.23. The van der Waals surface area contributed by atoms with Crippen LogP contribution in [0.3, 0.4) is 0 Å². The highest BCUT2D eigenvalue weighted by molar-refractivity contribution is 7.13. The first-order valence-electron chi connectivity index (χ1n) is 10.7. The lowest BCUT2D eigenvalue weighted by atomic mass is 10.1. The van der Waals surface area contributed by atoms with Gasteiger partial charge in [0.25, 0.3) is 5.91 Å². The Morgan fingerprint density at radius 2 is 1.72 bits per heavy atom. The van der Waals surface area contributed by atoms with E-state index in [1.807, 2.05) is 46.7 Å².